The fourth-order valence-electron chi connectivity index (χ4n) is 1.21. The molecule has 4 heteroatoms. The summed E-state index contributed by atoms with van der Waals surface area (Å²) >= 11 is 0. The standard InChI is InChI=1S/C12H15NO2S/c1-2-8-16(14)9-7-15-12-5-3-11(10-13)4-6-12/h3-6H,2,7-9H2,1H3. The number of hydrogen-bond donors (Lipinski definition) is 0. The monoisotopic (exact) mass is 237 g/mol. The average Bonchev–Trinajstić information content (AvgIpc) is 2.30. The SMILES string of the molecule is CCCS(=O)CCOc1ccc(C#N)cc1. The minimum atomic E-state index is -0.777. The molecule has 16 heavy (non-hydrogen) atoms. The molecule has 1 aromatic rings. The van der Waals surface area contributed by atoms with Crippen LogP contribution in [0.25, 0.3) is 0 Å². The number of hydrogen-bond acceptors (Lipinski definition) is 3. The van der Waals surface area contributed by atoms with Gasteiger partial charge in [-0.05, 0) is 30.7 Å². The Morgan fingerprint density at radius 1 is 1.31 bits per heavy atom. The molecule has 0 saturated carbocycles. The first-order valence-electron chi connectivity index (χ1n) is 5.24. The van der Waals surface area contributed by atoms with Gasteiger partial charge in [-0.15, -0.1) is 0 Å². The predicted molar refractivity (Wildman–Crippen MR) is 64.8 cm³/mol. The van der Waals surface area contributed by atoms with Crippen molar-refractivity contribution >= 4 is 10.8 Å². The summed E-state index contributed by atoms with van der Waals surface area (Å²) in [6, 6.07) is 8.96. The van der Waals surface area contributed by atoms with Gasteiger partial charge in [-0.25, -0.2) is 0 Å². The van der Waals surface area contributed by atoms with Crippen molar-refractivity contribution in [2.75, 3.05) is 18.1 Å². The van der Waals surface area contributed by atoms with Gasteiger partial charge in [0.05, 0.1) is 24.0 Å². The summed E-state index contributed by atoms with van der Waals surface area (Å²) in [6.07, 6.45) is 0.934. The molecule has 0 amide bonds. The van der Waals surface area contributed by atoms with E-state index in [1.54, 1.807) is 24.3 Å². The van der Waals surface area contributed by atoms with E-state index in [0.717, 1.165) is 12.2 Å². The number of rotatable bonds is 6. The highest BCUT2D eigenvalue weighted by Gasteiger charge is 1.99. The van der Waals surface area contributed by atoms with Crippen molar-refractivity contribution in [1.29, 1.82) is 5.26 Å². The highest BCUT2D eigenvalue weighted by atomic mass is 32.2. The second-order valence-electron chi connectivity index (χ2n) is 3.33. The van der Waals surface area contributed by atoms with Gasteiger partial charge in [-0.1, -0.05) is 6.92 Å². The van der Waals surface area contributed by atoms with Crippen LogP contribution in [-0.2, 0) is 10.8 Å². The molecular formula is C12H15NO2S. The van der Waals surface area contributed by atoms with E-state index in [9.17, 15) is 4.21 Å². The zero-order valence-corrected chi connectivity index (χ0v) is 10.1. The van der Waals surface area contributed by atoms with E-state index >= 15 is 0 Å². The lowest BCUT2D eigenvalue weighted by Crippen LogP contribution is -2.10. The van der Waals surface area contributed by atoms with Gasteiger partial charge in [0, 0.05) is 16.6 Å². The van der Waals surface area contributed by atoms with Gasteiger partial charge >= 0.3 is 0 Å². The van der Waals surface area contributed by atoms with Crippen molar-refractivity contribution in [1.82, 2.24) is 0 Å². The zero-order chi connectivity index (χ0) is 11.8. The summed E-state index contributed by atoms with van der Waals surface area (Å²) in [5.74, 6) is 2.01. The molecular weight excluding hydrogens is 222 g/mol. The molecule has 3 nitrogen and oxygen atoms in total. The van der Waals surface area contributed by atoms with E-state index in [2.05, 4.69) is 0 Å². The van der Waals surface area contributed by atoms with Crippen LogP contribution in [0.2, 0.25) is 0 Å². The van der Waals surface area contributed by atoms with E-state index in [4.69, 9.17) is 10.00 Å². The van der Waals surface area contributed by atoms with Crippen molar-refractivity contribution in [3.05, 3.63) is 29.8 Å². The molecule has 0 aromatic heterocycles. The Balaban J connectivity index is 2.32. The van der Waals surface area contributed by atoms with Crippen LogP contribution in [0.15, 0.2) is 24.3 Å². The molecule has 86 valence electrons. The fraction of sp³-hybridized carbons (Fsp3) is 0.417. The largest absolute Gasteiger partial charge is 0.493 e. The second-order valence-corrected chi connectivity index (χ2v) is 5.03. The third kappa shape index (κ3) is 4.45. The molecule has 0 radical (unpaired) electrons. The zero-order valence-electron chi connectivity index (χ0n) is 9.31. The third-order valence-corrected chi connectivity index (χ3v) is 3.48. The highest BCUT2D eigenvalue weighted by Crippen LogP contribution is 2.11. The second kappa shape index (κ2) is 7.02. The van der Waals surface area contributed by atoms with Crippen LogP contribution in [0.1, 0.15) is 18.9 Å². The predicted octanol–water partition coefficient (Wildman–Crippen LogP) is 2.10. The minimum absolute atomic E-state index is 0.457. The van der Waals surface area contributed by atoms with Crippen molar-refractivity contribution in [2.45, 2.75) is 13.3 Å². The van der Waals surface area contributed by atoms with E-state index in [-0.39, 0.29) is 0 Å². The molecule has 0 bridgehead atoms. The van der Waals surface area contributed by atoms with Gasteiger partial charge in [0.1, 0.15) is 5.75 Å². The fourth-order valence-corrected chi connectivity index (χ4v) is 2.14. The summed E-state index contributed by atoms with van der Waals surface area (Å²) in [5, 5.41) is 8.61. The Morgan fingerprint density at radius 3 is 2.56 bits per heavy atom. The van der Waals surface area contributed by atoms with Gasteiger partial charge in [-0.2, -0.15) is 5.26 Å². The number of ether oxygens (including phenoxy) is 1. The summed E-state index contributed by atoms with van der Waals surface area (Å²) < 4.78 is 16.7. The third-order valence-electron chi connectivity index (χ3n) is 1.99. The molecule has 0 N–H and O–H groups in total. The van der Waals surface area contributed by atoms with E-state index in [1.807, 2.05) is 13.0 Å². The Hall–Kier alpha value is -1.34. The molecule has 1 rings (SSSR count). The van der Waals surface area contributed by atoms with Crippen LogP contribution in [0, 0.1) is 11.3 Å². The summed E-state index contributed by atoms with van der Waals surface area (Å²) in [6.45, 7) is 2.47. The van der Waals surface area contributed by atoms with Gasteiger partial charge in [0.15, 0.2) is 0 Å². The summed E-state index contributed by atoms with van der Waals surface area (Å²) in [4.78, 5) is 0. The van der Waals surface area contributed by atoms with Crippen molar-refractivity contribution in [3.8, 4) is 11.8 Å². The molecule has 0 aliphatic carbocycles. The van der Waals surface area contributed by atoms with Crippen LogP contribution < -0.4 is 4.74 Å². The topological polar surface area (TPSA) is 50.1 Å². The molecule has 0 aliphatic heterocycles. The van der Waals surface area contributed by atoms with Gasteiger partial charge in [-0.3, -0.25) is 4.21 Å². The van der Waals surface area contributed by atoms with E-state index < -0.39 is 10.8 Å². The Labute approximate surface area is 98.5 Å². The van der Waals surface area contributed by atoms with Crippen molar-refractivity contribution in [3.63, 3.8) is 0 Å². The van der Waals surface area contributed by atoms with E-state index in [0.29, 0.717) is 23.7 Å². The lowest BCUT2D eigenvalue weighted by atomic mass is 10.2. The molecule has 0 aliphatic rings. The molecule has 1 atom stereocenters. The lowest BCUT2D eigenvalue weighted by molar-refractivity contribution is 0.342. The Kier molecular flexibility index (Phi) is 5.58. The molecule has 0 heterocycles. The van der Waals surface area contributed by atoms with Gasteiger partial charge in [0.25, 0.3) is 0 Å². The number of benzene rings is 1. The maximum Gasteiger partial charge on any atom is 0.119 e. The first kappa shape index (κ1) is 12.7. The molecule has 0 spiro atoms. The Bertz CT molecular complexity index is 381. The quantitative estimate of drug-likeness (QED) is 0.761. The smallest absolute Gasteiger partial charge is 0.119 e. The van der Waals surface area contributed by atoms with Gasteiger partial charge in [0.2, 0.25) is 0 Å². The van der Waals surface area contributed by atoms with E-state index in [1.165, 1.54) is 0 Å². The number of nitrogens with zero attached hydrogens (tertiary/aromatic N) is 1. The molecule has 0 saturated heterocycles. The maximum absolute atomic E-state index is 11.3. The first-order valence-corrected chi connectivity index (χ1v) is 6.73. The summed E-state index contributed by atoms with van der Waals surface area (Å²) in [5.41, 5.74) is 0.613. The molecule has 0 fully saturated rings. The average molecular weight is 237 g/mol. The lowest BCUT2D eigenvalue weighted by Gasteiger charge is -2.05. The van der Waals surface area contributed by atoms with Crippen molar-refractivity contribution in [2.24, 2.45) is 0 Å². The van der Waals surface area contributed by atoms with Crippen LogP contribution in [0.4, 0.5) is 0 Å². The highest BCUT2D eigenvalue weighted by molar-refractivity contribution is 7.84. The van der Waals surface area contributed by atoms with Crippen molar-refractivity contribution < 1.29 is 8.95 Å². The maximum atomic E-state index is 11.3. The number of nitriles is 1. The molecule has 1 unspecified atom stereocenters. The minimum Gasteiger partial charge on any atom is -0.493 e. The van der Waals surface area contributed by atoms with Crippen LogP contribution in [0.5, 0.6) is 5.75 Å². The van der Waals surface area contributed by atoms with Gasteiger partial charge < -0.3 is 4.74 Å². The first-order chi connectivity index (χ1) is 7.76. The Morgan fingerprint density at radius 2 is 2.00 bits per heavy atom. The van der Waals surface area contributed by atoms with Crippen LogP contribution in [-0.4, -0.2) is 22.3 Å². The molecule has 1 aromatic carbocycles. The van der Waals surface area contributed by atoms with Crippen LogP contribution >= 0.6 is 0 Å². The summed E-state index contributed by atoms with van der Waals surface area (Å²) in [7, 11) is -0.777. The van der Waals surface area contributed by atoms with Crippen LogP contribution in [0.3, 0.4) is 0 Å². The normalized spacial score (nSPS) is 11.8.